The molecule has 2 N–H and O–H groups in total. The van der Waals surface area contributed by atoms with Crippen LogP contribution in [0, 0.1) is 29.6 Å². The highest BCUT2D eigenvalue weighted by molar-refractivity contribution is 6.00. The molecule has 0 bridgehead atoms. The van der Waals surface area contributed by atoms with Crippen LogP contribution in [0.5, 0.6) is 0 Å². The molecule has 0 spiro atoms. The molecule has 6 heterocycles. The van der Waals surface area contributed by atoms with Gasteiger partial charge in [-0.25, -0.2) is 14.8 Å². The lowest BCUT2D eigenvalue weighted by Gasteiger charge is -2.21. The van der Waals surface area contributed by atoms with Gasteiger partial charge in [0.25, 0.3) is 5.91 Å². The maximum Gasteiger partial charge on any atom is 0.329 e. The number of anilines is 3. The van der Waals surface area contributed by atoms with Gasteiger partial charge in [0, 0.05) is 64.2 Å². The van der Waals surface area contributed by atoms with E-state index in [9.17, 15) is 19.2 Å². The van der Waals surface area contributed by atoms with Crippen LogP contribution in [-0.4, -0.2) is 78.5 Å². The van der Waals surface area contributed by atoms with Gasteiger partial charge in [-0.1, -0.05) is 30.7 Å². The Morgan fingerprint density at radius 1 is 0.981 bits per heavy atom. The van der Waals surface area contributed by atoms with Gasteiger partial charge in [-0.3, -0.25) is 28.8 Å². The normalized spacial score (nSPS) is 22.5. The lowest BCUT2D eigenvalue weighted by atomic mass is 10.1. The highest BCUT2D eigenvalue weighted by Gasteiger charge is 2.55. The molecule has 2 saturated heterocycles. The zero-order valence-electron chi connectivity index (χ0n) is 29.9. The Hall–Kier alpha value is -5.97. The van der Waals surface area contributed by atoms with Gasteiger partial charge in [0.05, 0.1) is 28.5 Å². The summed E-state index contributed by atoms with van der Waals surface area (Å²) in [5.74, 6) is 8.30. The fraction of sp³-hybridized carbons (Fsp3) is 0.410. The van der Waals surface area contributed by atoms with Gasteiger partial charge in [0.15, 0.2) is 0 Å². The molecule has 3 amide bonds. The summed E-state index contributed by atoms with van der Waals surface area (Å²) < 4.78 is 5.15. The number of fused-ring (bicyclic) bond motifs is 3. The van der Waals surface area contributed by atoms with Crippen LogP contribution in [0.2, 0.25) is 0 Å². The van der Waals surface area contributed by atoms with Gasteiger partial charge in [-0.15, -0.1) is 0 Å². The van der Waals surface area contributed by atoms with E-state index in [4.69, 9.17) is 4.98 Å². The number of imidazole rings is 1. The topological polar surface area (TPSA) is 152 Å². The number of carbonyl (C=O) groups excluding carboxylic acids is 3. The number of carbonyl (C=O) groups is 3. The zero-order valence-corrected chi connectivity index (χ0v) is 29.9. The monoisotopic (exact) mass is 712 g/mol. The molecule has 5 aromatic rings. The minimum Gasteiger partial charge on any atom is -0.370 e. The average molecular weight is 713 g/mol. The number of nitrogens with zero attached hydrogens (tertiary/aromatic N) is 8. The van der Waals surface area contributed by atoms with E-state index in [1.54, 1.807) is 36.8 Å². The molecule has 3 unspecified atom stereocenters. The van der Waals surface area contributed by atoms with Gasteiger partial charge in [-0.2, -0.15) is 4.98 Å². The van der Waals surface area contributed by atoms with Gasteiger partial charge in [0.2, 0.25) is 17.8 Å². The SMILES string of the molecule is CN(C)C(=O)c1cc2cnc(Nc3ccc(N4CC5C(C#Cc6cccc7c6n(C)c(=O)n7C6CCC(=O)NC6=O)[C@@H]5C4)cn3)nc2n1C1CCCC1. The lowest BCUT2D eigenvalue weighted by molar-refractivity contribution is -0.135. The smallest absolute Gasteiger partial charge is 0.329 e. The van der Waals surface area contributed by atoms with E-state index < -0.39 is 11.9 Å². The van der Waals surface area contributed by atoms with Gasteiger partial charge < -0.3 is 19.7 Å². The predicted molar refractivity (Wildman–Crippen MR) is 199 cm³/mol. The number of benzene rings is 1. The number of hydrogen-bond donors (Lipinski definition) is 2. The molecule has 9 rings (SSSR count). The minimum absolute atomic E-state index is 0.0375. The lowest BCUT2D eigenvalue weighted by Crippen LogP contribution is -2.44. The molecule has 0 radical (unpaired) electrons. The van der Waals surface area contributed by atoms with Gasteiger partial charge in [0.1, 0.15) is 23.2 Å². The van der Waals surface area contributed by atoms with E-state index >= 15 is 0 Å². The third kappa shape index (κ3) is 5.62. The Labute approximate surface area is 305 Å². The zero-order chi connectivity index (χ0) is 36.5. The highest BCUT2D eigenvalue weighted by atomic mass is 16.2. The molecular formula is C39H40N10O4. The quantitative estimate of drug-likeness (QED) is 0.198. The predicted octanol–water partition coefficient (Wildman–Crippen LogP) is 3.75. The second-order valence-electron chi connectivity index (χ2n) is 14.9. The fourth-order valence-corrected chi connectivity index (χ4v) is 8.64. The van der Waals surface area contributed by atoms with Crippen molar-refractivity contribution in [1.82, 2.24) is 38.9 Å². The third-order valence-corrected chi connectivity index (χ3v) is 11.4. The molecule has 2 aliphatic carbocycles. The molecule has 2 aliphatic heterocycles. The van der Waals surface area contributed by atoms with Crippen LogP contribution in [0.4, 0.5) is 17.5 Å². The Morgan fingerprint density at radius 3 is 2.49 bits per heavy atom. The summed E-state index contributed by atoms with van der Waals surface area (Å²) in [5, 5.41) is 6.47. The standard InChI is InChI=1S/C39H40N10O4/c1-45(2)37(52)31-17-23-18-41-38(44-35(23)48(31)24-8-4-5-9-24)42-32-15-12-25(19-40-32)47-20-27-26(28(27)21-47)13-11-22-7-6-10-29-34(22)46(3)39(53)49(29)30-14-16-33(50)43-36(30)51/h6-7,10,12,15,17-19,24,26-28,30H,4-5,8-9,14,16,20-21H2,1-3H3,(H,43,50,51)(H,40,41,42,44)/t26?,27-,28?,30?/m0/s1. The first-order chi connectivity index (χ1) is 25.7. The summed E-state index contributed by atoms with van der Waals surface area (Å²) in [6.45, 7) is 1.78. The number of aromatic nitrogens is 6. The number of rotatable bonds is 6. The number of pyridine rings is 1. The molecule has 4 fully saturated rings. The van der Waals surface area contributed by atoms with Gasteiger partial charge in [-0.05, 0) is 61.4 Å². The molecule has 53 heavy (non-hydrogen) atoms. The van der Waals surface area contributed by atoms with E-state index in [0.717, 1.165) is 61.1 Å². The summed E-state index contributed by atoms with van der Waals surface area (Å²) >= 11 is 0. The highest BCUT2D eigenvalue weighted by Crippen LogP contribution is 2.52. The van der Waals surface area contributed by atoms with Crippen LogP contribution in [0.15, 0.2) is 53.6 Å². The van der Waals surface area contributed by atoms with Crippen molar-refractivity contribution < 1.29 is 14.4 Å². The van der Waals surface area contributed by atoms with Crippen molar-refractivity contribution in [3.63, 3.8) is 0 Å². The van der Waals surface area contributed by atoms with E-state index in [-0.39, 0.29) is 35.9 Å². The molecule has 1 aromatic carbocycles. The Bertz CT molecular complexity index is 2430. The van der Waals surface area contributed by atoms with Crippen molar-refractivity contribution in [3.8, 4) is 11.8 Å². The summed E-state index contributed by atoms with van der Waals surface area (Å²) in [5.41, 5.74) is 4.24. The summed E-state index contributed by atoms with van der Waals surface area (Å²) in [7, 11) is 5.24. The maximum absolute atomic E-state index is 13.3. The van der Waals surface area contributed by atoms with Crippen LogP contribution in [0.1, 0.15) is 66.7 Å². The Balaban J connectivity index is 0.874. The largest absolute Gasteiger partial charge is 0.370 e. The second kappa shape index (κ2) is 12.6. The number of aryl methyl sites for hydroxylation is 1. The van der Waals surface area contributed by atoms with E-state index in [1.165, 1.54) is 4.57 Å². The van der Waals surface area contributed by atoms with Crippen molar-refractivity contribution in [2.24, 2.45) is 24.8 Å². The molecular weight excluding hydrogens is 672 g/mol. The number of piperidine rings is 2. The molecule has 14 nitrogen and oxygen atoms in total. The minimum atomic E-state index is -0.730. The first kappa shape index (κ1) is 32.9. The van der Waals surface area contributed by atoms with E-state index in [2.05, 4.69) is 48.0 Å². The van der Waals surface area contributed by atoms with Crippen LogP contribution >= 0.6 is 0 Å². The summed E-state index contributed by atoms with van der Waals surface area (Å²) in [4.78, 5) is 68.7. The Kier molecular flexibility index (Phi) is 7.83. The van der Waals surface area contributed by atoms with Crippen LogP contribution < -0.4 is 21.2 Å². The fourth-order valence-electron chi connectivity index (χ4n) is 8.64. The van der Waals surface area contributed by atoms with Crippen molar-refractivity contribution in [2.45, 2.75) is 50.6 Å². The van der Waals surface area contributed by atoms with Crippen LogP contribution in [0.3, 0.4) is 0 Å². The molecule has 4 aliphatic rings. The average Bonchev–Trinajstić information content (AvgIpc) is 3.69. The first-order valence-corrected chi connectivity index (χ1v) is 18.3. The van der Waals surface area contributed by atoms with E-state index in [1.807, 2.05) is 36.5 Å². The van der Waals surface area contributed by atoms with Crippen molar-refractivity contribution in [3.05, 3.63) is 70.5 Å². The second-order valence-corrected chi connectivity index (χ2v) is 14.9. The number of amides is 3. The number of imide groups is 1. The molecule has 2 saturated carbocycles. The van der Waals surface area contributed by atoms with Crippen molar-refractivity contribution in [1.29, 1.82) is 0 Å². The molecule has 4 aromatic heterocycles. The summed E-state index contributed by atoms with van der Waals surface area (Å²) in [6, 6.07) is 11.0. The van der Waals surface area contributed by atoms with Crippen LogP contribution in [0.25, 0.3) is 22.1 Å². The number of para-hydroxylation sites is 1. The Morgan fingerprint density at radius 2 is 1.77 bits per heavy atom. The summed E-state index contributed by atoms with van der Waals surface area (Å²) in [6.07, 6.45) is 8.47. The molecule has 14 heteroatoms. The first-order valence-electron chi connectivity index (χ1n) is 18.3. The van der Waals surface area contributed by atoms with Crippen molar-refractivity contribution in [2.75, 3.05) is 37.4 Å². The number of nitrogens with one attached hydrogen (secondary N) is 2. The number of hydrogen-bond acceptors (Lipinski definition) is 9. The maximum atomic E-state index is 13.3. The molecule has 270 valence electrons. The third-order valence-electron chi connectivity index (χ3n) is 11.4. The van der Waals surface area contributed by atoms with Crippen molar-refractivity contribution >= 4 is 57.2 Å². The van der Waals surface area contributed by atoms with Gasteiger partial charge >= 0.3 is 5.69 Å². The van der Waals surface area contributed by atoms with E-state index in [0.29, 0.717) is 46.8 Å². The molecule has 4 atom stereocenters. The van der Waals surface area contributed by atoms with Crippen LogP contribution in [-0.2, 0) is 16.6 Å².